The molecule has 0 bridgehead atoms. The van der Waals surface area contributed by atoms with Crippen LogP contribution in [0.3, 0.4) is 0 Å². The van der Waals surface area contributed by atoms with Crippen LogP contribution in [0.2, 0.25) is 0 Å². The average Bonchev–Trinajstić information content (AvgIpc) is 2.76. The fourth-order valence-electron chi connectivity index (χ4n) is 1.52. The topological polar surface area (TPSA) is 48.0 Å². The Morgan fingerprint density at radius 2 is 2.40 bits per heavy atom. The number of ketones is 1. The molecular formula is C11H12N2O2. The van der Waals surface area contributed by atoms with Gasteiger partial charge < -0.3 is 4.42 Å². The van der Waals surface area contributed by atoms with Crippen LogP contribution in [0.15, 0.2) is 29.1 Å². The standard InChI is InChI=1S/C11H12N2O2/c1-8-5-10(13(2)12-8)6-11(14)9-3-4-15-7-9/h3-5,7H,6H2,1-2H3. The highest BCUT2D eigenvalue weighted by Gasteiger charge is 2.11. The molecule has 0 aliphatic rings. The molecule has 2 heterocycles. The van der Waals surface area contributed by atoms with Gasteiger partial charge in [-0.2, -0.15) is 5.10 Å². The van der Waals surface area contributed by atoms with Crippen LogP contribution in [-0.2, 0) is 13.5 Å². The van der Waals surface area contributed by atoms with E-state index in [0.717, 1.165) is 11.4 Å². The summed E-state index contributed by atoms with van der Waals surface area (Å²) >= 11 is 0. The van der Waals surface area contributed by atoms with Gasteiger partial charge in [-0.25, -0.2) is 0 Å². The van der Waals surface area contributed by atoms with E-state index in [4.69, 9.17) is 4.42 Å². The number of hydrogen-bond donors (Lipinski definition) is 0. The second-order valence-corrected chi connectivity index (χ2v) is 3.51. The molecule has 0 fully saturated rings. The first kappa shape index (κ1) is 9.71. The molecule has 0 amide bonds. The largest absolute Gasteiger partial charge is 0.472 e. The third-order valence-corrected chi connectivity index (χ3v) is 2.28. The molecule has 2 rings (SSSR count). The van der Waals surface area contributed by atoms with Gasteiger partial charge in [0.15, 0.2) is 5.78 Å². The Balaban J connectivity index is 2.16. The normalized spacial score (nSPS) is 10.5. The molecule has 0 aromatic carbocycles. The maximum absolute atomic E-state index is 11.7. The van der Waals surface area contributed by atoms with Crippen molar-refractivity contribution in [2.24, 2.45) is 7.05 Å². The predicted octanol–water partition coefficient (Wildman–Crippen LogP) is 1.75. The summed E-state index contributed by atoms with van der Waals surface area (Å²) in [5.74, 6) is 0.0479. The number of nitrogens with zero attached hydrogens (tertiary/aromatic N) is 2. The number of rotatable bonds is 3. The third kappa shape index (κ3) is 1.98. The van der Waals surface area contributed by atoms with Crippen LogP contribution in [0.5, 0.6) is 0 Å². The molecule has 0 N–H and O–H groups in total. The molecule has 0 unspecified atom stereocenters. The Bertz CT molecular complexity index is 469. The Hall–Kier alpha value is -1.84. The molecule has 0 saturated carbocycles. The zero-order valence-corrected chi connectivity index (χ0v) is 8.73. The molecule has 0 radical (unpaired) electrons. The van der Waals surface area contributed by atoms with Crippen molar-refractivity contribution < 1.29 is 9.21 Å². The highest BCUT2D eigenvalue weighted by Crippen LogP contribution is 2.08. The Labute approximate surface area is 87.5 Å². The van der Waals surface area contributed by atoms with Crippen molar-refractivity contribution in [1.29, 1.82) is 0 Å². The minimum absolute atomic E-state index is 0.0479. The Morgan fingerprint density at radius 3 is 2.93 bits per heavy atom. The summed E-state index contributed by atoms with van der Waals surface area (Å²) in [6.07, 6.45) is 3.32. The van der Waals surface area contributed by atoms with Crippen molar-refractivity contribution in [3.8, 4) is 0 Å². The van der Waals surface area contributed by atoms with E-state index in [0.29, 0.717) is 12.0 Å². The van der Waals surface area contributed by atoms with E-state index >= 15 is 0 Å². The van der Waals surface area contributed by atoms with Gasteiger partial charge in [0.1, 0.15) is 6.26 Å². The first-order valence-corrected chi connectivity index (χ1v) is 4.72. The van der Waals surface area contributed by atoms with Gasteiger partial charge in [-0.15, -0.1) is 0 Å². The summed E-state index contributed by atoms with van der Waals surface area (Å²) in [7, 11) is 1.84. The number of Topliss-reactive ketones (excluding diaryl/α,β-unsaturated/α-hetero) is 1. The lowest BCUT2D eigenvalue weighted by molar-refractivity contribution is 0.0990. The van der Waals surface area contributed by atoms with Crippen molar-refractivity contribution in [2.75, 3.05) is 0 Å². The van der Waals surface area contributed by atoms with Crippen LogP contribution in [0.4, 0.5) is 0 Å². The lowest BCUT2D eigenvalue weighted by Gasteiger charge is -1.98. The summed E-state index contributed by atoms with van der Waals surface area (Å²) < 4.78 is 6.59. The fourth-order valence-corrected chi connectivity index (χ4v) is 1.52. The highest BCUT2D eigenvalue weighted by molar-refractivity contribution is 5.96. The van der Waals surface area contributed by atoms with Crippen molar-refractivity contribution in [1.82, 2.24) is 9.78 Å². The summed E-state index contributed by atoms with van der Waals surface area (Å²) in [5.41, 5.74) is 2.44. The minimum atomic E-state index is 0.0479. The van der Waals surface area contributed by atoms with Crippen LogP contribution >= 0.6 is 0 Å². The average molecular weight is 204 g/mol. The molecule has 0 spiro atoms. The Morgan fingerprint density at radius 1 is 1.60 bits per heavy atom. The molecule has 4 heteroatoms. The van der Waals surface area contributed by atoms with Crippen molar-refractivity contribution in [3.63, 3.8) is 0 Å². The van der Waals surface area contributed by atoms with Gasteiger partial charge in [0, 0.05) is 12.7 Å². The number of furan rings is 1. The van der Waals surface area contributed by atoms with E-state index in [1.165, 1.54) is 12.5 Å². The van der Waals surface area contributed by atoms with Gasteiger partial charge in [-0.1, -0.05) is 0 Å². The van der Waals surface area contributed by atoms with E-state index < -0.39 is 0 Å². The zero-order chi connectivity index (χ0) is 10.8. The highest BCUT2D eigenvalue weighted by atomic mass is 16.3. The molecule has 2 aromatic heterocycles. The van der Waals surface area contributed by atoms with Gasteiger partial charge in [0.2, 0.25) is 0 Å². The van der Waals surface area contributed by atoms with Crippen LogP contribution < -0.4 is 0 Å². The summed E-state index contributed by atoms with van der Waals surface area (Å²) in [6, 6.07) is 3.59. The predicted molar refractivity (Wildman–Crippen MR) is 54.7 cm³/mol. The zero-order valence-electron chi connectivity index (χ0n) is 8.73. The number of carbonyl (C=O) groups excluding carboxylic acids is 1. The molecule has 2 aromatic rings. The van der Waals surface area contributed by atoms with Gasteiger partial charge in [0.05, 0.1) is 23.9 Å². The lowest BCUT2D eigenvalue weighted by atomic mass is 10.1. The van der Waals surface area contributed by atoms with E-state index in [-0.39, 0.29) is 5.78 Å². The molecule has 0 saturated heterocycles. The monoisotopic (exact) mass is 204 g/mol. The number of hydrogen-bond acceptors (Lipinski definition) is 3. The number of carbonyl (C=O) groups is 1. The SMILES string of the molecule is Cc1cc(CC(=O)c2ccoc2)n(C)n1. The van der Waals surface area contributed by atoms with Crippen LogP contribution in [0, 0.1) is 6.92 Å². The summed E-state index contributed by atoms with van der Waals surface area (Å²) in [6.45, 7) is 1.91. The molecule has 15 heavy (non-hydrogen) atoms. The molecule has 0 atom stereocenters. The molecule has 0 aliphatic heterocycles. The van der Waals surface area contributed by atoms with Gasteiger partial charge in [-0.3, -0.25) is 9.48 Å². The van der Waals surface area contributed by atoms with E-state index in [9.17, 15) is 4.79 Å². The molecule has 0 aliphatic carbocycles. The van der Waals surface area contributed by atoms with Crippen LogP contribution in [-0.4, -0.2) is 15.6 Å². The molecule has 4 nitrogen and oxygen atoms in total. The van der Waals surface area contributed by atoms with Crippen molar-refractivity contribution in [2.45, 2.75) is 13.3 Å². The first-order valence-electron chi connectivity index (χ1n) is 4.72. The van der Waals surface area contributed by atoms with E-state index in [2.05, 4.69) is 5.10 Å². The lowest BCUT2D eigenvalue weighted by Crippen LogP contribution is -2.06. The van der Waals surface area contributed by atoms with Gasteiger partial charge in [-0.05, 0) is 19.1 Å². The first-order chi connectivity index (χ1) is 7.16. The number of aryl methyl sites for hydroxylation is 2. The van der Waals surface area contributed by atoms with Crippen molar-refractivity contribution in [3.05, 3.63) is 41.6 Å². The van der Waals surface area contributed by atoms with Crippen LogP contribution in [0.1, 0.15) is 21.7 Å². The second kappa shape index (κ2) is 3.73. The summed E-state index contributed by atoms with van der Waals surface area (Å²) in [4.78, 5) is 11.7. The summed E-state index contributed by atoms with van der Waals surface area (Å²) in [5, 5.41) is 4.19. The van der Waals surface area contributed by atoms with Gasteiger partial charge >= 0.3 is 0 Å². The maximum Gasteiger partial charge on any atom is 0.172 e. The van der Waals surface area contributed by atoms with Gasteiger partial charge in [0.25, 0.3) is 0 Å². The van der Waals surface area contributed by atoms with E-state index in [1.54, 1.807) is 10.7 Å². The van der Waals surface area contributed by atoms with Crippen molar-refractivity contribution >= 4 is 5.78 Å². The van der Waals surface area contributed by atoms with E-state index in [1.807, 2.05) is 20.0 Å². The molecule has 78 valence electrons. The number of aromatic nitrogens is 2. The Kier molecular flexibility index (Phi) is 2.41. The minimum Gasteiger partial charge on any atom is -0.472 e. The maximum atomic E-state index is 11.7. The quantitative estimate of drug-likeness (QED) is 0.715. The second-order valence-electron chi connectivity index (χ2n) is 3.51. The fraction of sp³-hybridized carbons (Fsp3) is 0.273. The molecular weight excluding hydrogens is 192 g/mol. The van der Waals surface area contributed by atoms with Crippen LogP contribution in [0.25, 0.3) is 0 Å². The smallest absolute Gasteiger partial charge is 0.172 e. The third-order valence-electron chi connectivity index (χ3n) is 2.28.